The maximum Gasteiger partial charge on any atom is 0.194 e. The number of para-hydroxylation sites is 1. The van der Waals surface area contributed by atoms with Crippen LogP contribution in [0.2, 0.25) is 0 Å². The fourth-order valence-electron chi connectivity index (χ4n) is 2.86. The van der Waals surface area contributed by atoms with Crippen LogP contribution in [-0.2, 0) is 4.79 Å². The van der Waals surface area contributed by atoms with E-state index in [0.717, 1.165) is 23.1 Å². The van der Waals surface area contributed by atoms with Crippen molar-refractivity contribution in [1.29, 1.82) is 0 Å². The number of carbonyl (C=O) groups is 2. The molecule has 0 saturated heterocycles. The molecule has 20 heavy (non-hydrogen) atoms. The first-order chi connectivity index (χ1) is 9.65. The van der Waals surface area contributed by atoms with Gasteiger partial charge in [0.25, 0.3) is 0 Å². The van der Waals surface area contributed by atoms with E-state index >= 15 is 0 Å². The number of aromatic nitrogens is 1. The van der Waals surface area contributed by atoms with Crippen LogP contribution in [0.1, 0.15) is 42.4 Å². The molecule has 0 spiro atoms. The molecule has 1 aliphatic rings. The quantitative estimate of drug-likeness (QED) is 0.802. The molecular formula is C16H17NO2S. The number of hydrogen-bond donors (Lipinski definition) is 0. The molecule has 0 amide bonds. The van der Waals surface area contributed by atoms with Gasteiger partial charge in [-0.2, -0.15) is 0 Å². The zero-order valence-electron chi connectivity index (χ0n) is 11.5. The summed E-state index contributed by atoms with van der Waals surface area (Å²) in [5.74, 6) is 0.366. The van der Waals surface area contributed by atoms with Gasteiger partial charge in [0.05, 0.1) is 10.2 Å². The van der Waals surface area contributed by atoms with Gasteiger partial charge in [-0.3, -0.25) is 9.59 Å². The fourth-order valence-corrected chi connectivity index (χ4v) is 3.88. The Hall–Kier alpha value is -1.55. The molecular weight excluding hydrogens is 270 g/mol. The second-order valence-corrected chi connectivity index (χ2v) is 6.57. The minimum atomic E-state index is -0.123. The number of carbonyl (C=O) groups excluding carboxylic acids is 2. The van der Waals surface area contributed by atoms with Gasteiger partial charge in [-0.05, 0) is 31.4 Å². The van der Waals surface area contributed by atoms with Gasteiger partial charge in [-0.1, -0.05) is 19.1 Å². The molecule has 0 bridgehead atoms. The van der Waals surface area contributed by atoms with Gasteiger partial charge in [0, 0.05) is 18.3 Å². The van der Waals surface area contributed by atoms with Gasteiger partial charge >= 0.3 is 0 Å². The molecule has 0 unspecified atom stereocenters. The zero-order valence-corrected chi connectivity index (χ0v) is 12.3. The first-order valence-corrected chi connectivity index (χ1v) is 7.89. The average molecular weight is 287 g/mol. The van der Waals surface area contributed by atoms with Crippen molar-refractivity contribution < 1.29 is 9.59 Å². The van der Waals surface area contributed by atoms with Crippen molar-refractivity contribution >= 4 is 33.1 Å². The largest absolute Gasteiger partial charge is 0.299 e. The van der Waals surface area contributed by atoms with E-state index in [2.05, 4.69) is 4.98 Å². The Labute approximate surface area is 122 Å². The first-order valence-electron chi connectivity index (χ1n) is 7.07. The first kappa shape index (κ1) is 13.4. The van der Waals surface area contributed by atoms with Gasteiger partial charge in [-0.25, -0.2) is 4.98 Å². The minimum Gasteiger partial charge on any atom is -0.299 e. The van der Waals surface area contributed by atoms with Gasteiger partial charge < -0.3 is 0 Å². The van der Waals surface area contributed by atoms with E-state index in [4.69, 9.17) is 0 Å². The van der Waals surface area contributed by atoms with Crippen molar-refractivity contribution in [2.45, 2.75) is 32.6 Å². The van der Waals surface area contributed by atoms with Crippen LogP contribution in [0.25, 0.3) is 10.2 Å². The predicted octanol–water partition coefficient (Wildman–Crippen LogP) is 3.87. The third-order valence-electron chi connectivity index (χ3n) is 4.02. The molecule has 104 valence electrons. The lowest BCUT2D eigenvalue weighted by Crippen LogP contribution is -2.18. The number of Topliss-reactive ketones (excluding diaryl/α,β-unsaturated/α-hetero) is 2. The average Bonchev–Trinajstić information content (AvgIpc) is 3.04. The van der Waals surface area contributed by atoms with Crippen LogP contribution in [0.4, 0.5) is 0 Å². The van der Waals surface area contributed by atoms with Crippen LogP contribution >= 0.6 is 11.3 Å². The Bertz CT molecular complexity index is 628. The number of hydrogen-bond acceptors (Lipinski definition) is 4. The highest BCUT2D eigenvalue weighted by Crippen LogP contribution is 2.30. The monoisotopic (exact) mass is 287 g/mol. The van der Waals surface area contributed by atoms with Crippen molar-refractivity contribution in [3.05, 3.63) is 29.3 Å². The third-order valence-corrected chi connectivity index (χ3v) is 5.07. The van der Waals surface area contributed by atoms with E-state index in [1.54, 1.807) is 0 Å². The predicted molar refractivity (Wildman–Crippen MR) is 80.1 cm³/mol. The van der Waals surface area contributed by atoms with E-state index in [1.807, 2.05) is 31.2 Å². The Morgan fingerprint density at radius 1 is 1.45 bits per heavy atom. The van der Waals surface area contributed by atoms with Crippen LogP contribution in [0, 0.1) is 11.8 Å². The lowest BCUT2D eigenvalue weighted by molar-refractivity contribution is -0.120. The SMILES string of the molecule is C[C@@H](C[C@@H]1CCCC1=O)C(=O)c1nc2ccccc2s1. The smallest absolute Gasteiger partial charge is 0.194 e. The molecule has 1 aromatic carbocycles. The second-order valence-electron chi connectivity index (χ2n) is 5.54. The molecule has 0 aliphatic heterocycles. The van der Waals surface area contributed by atoms with Gasteiger partial charge in [0.15, 0.2) is 10.8 Å². The van der Waals surface area contributed by atoms with E-state index in [-0.39, 0.29) is 17.6 Å². The summed E-state index contributed by atoms with van der Waals surface area (Å²) < 4.78 is 1.04. The summed E-state index contributed by atoms with van der Waals surface area (Å²) in [4.78, 5) is 28.5. The minimum absolute atomic E-state index is 0.0749. The molecule has 4 heteroatoms. The molecule has 1 heterocycles. The Morgan fingerprint density at radius 2 is 2.25 bits per heavy atom. The fraction of sp³-hybridized carbons (Fsp3) is 0.438. The van der Waals surface area contributed by atoms with Crippen molar-refractivity contribution in [1.82, 2.24) is 4.98 Å². The van der Waals surface area contributed by atoms with Crippen LogP contribution in [0.3, 0.4) is 0 Å². The molecule has 1 aromatic heterocycles. The summed E-state index contributed by atoms with van der Waals surface area (Å²) in [6.45, 7) is 1.92. The number of benzene rings is 1. The molecule has 1 fully saturated rings. The number of fused-ring (bicyclic) bond motifs is 1. The van der Waals surface area contributed by atoms with Crippen molar-refractivity contribution in [2.75, 3.05) is 0 Å². The van der Waals surface area contributed by atoms with Crippen LogP contribution < -0.4 is 0 Å². The second kappa shape index (κ2) is 5.44. The highest BCUT2D eigenvalue weighted by molar-refractivity contribution is 7.20. The van der Waals surface area contributed by atoms with E-state index in [9.17, 15) is 9.59 Å². The maximum atomic E-state index is 12.4. The van der Waals surface area contributed by atoms with Crippen molar-refractivity contribution in [3.63, 3.8) is 0 Å². The summed E-state index contributed by atoms with van der Waals surface area (Å²) in [5.41, 5.74) is 0.880. The number of rotatable bonds is 4. The van der Waals surface area contributed by atoms with E-state index in [1.165, 1.54) is 11.3 Å². The molecule has 2 atom stereocenters. The van der Waals surface area contributed by atoms with E-state index in [0.29, 0.717) is 23.6 Å². The summed E-state index contributed by atoms with van der Waals surface area (Å²) in [5, 5.41) is 0.573. The van der Waals surface area contributed by atoms with Gasteiger partial charge in [0.2, 0.25) is 0 Å². The molecule has 3 rings (SSSR count). The summed E-state index contributed by atoms with van der Waals surface area (Å²) in [6, 6.07) is 7.79. The van der Waals surface area contributed by atoms with Crippen LogP contribution in [-0.4, -0.2) is 16.6 Å². The number of nitrogens with zero attached hydrogens (tertiary/aromatic N) is 1. The van der Waals surface area contributed by atoms with Gasteiger partial charge in [-0.15, -0.1) is 11.3 Å². The molecule has 0 N–H and O–H groups in total. The topological polar surface area (TPSA) is 47.0 Å². The highest BCUT2D eigenvalue weighted by Gasteiger charge is 2.29. The molecule has 3 nitrogen and oxygen atoms in total. The van der Waals surface area contributed by atoms with Gasteiger partial charge in [0.1, 0.15) is 5.78 Å². The molecule has 1 saturated carbocycles. The number of ketones is 2. The number of thiazole rings is 1. The zero-order chi connectivity index (χ0) is 14.1. The molecule has 2 aromatic rings. The standard InChI is InChI=1S/C16H17NO2S/c1-10(9-11-5-4-7-13(11)18)15(19)16-17-12-6-2-3-8-14(12)20-16/h2-3,6,8,10-11H,4-5,7,9H2,1H3/t10-,11-/m0/s1. The normalized spacial score (nSPS) is 20.4. The summed E-state index contributed by atoms with van der Waals surface area (Å²) in [6.07, 6.45) is 3.28. The summed E-state index contributed by atoms with van der Waals surface area (Å²) >= 11 is 1.45. The van der Waals surface area contributed by atoms with Crippen molar-refractivity contribution in [2.24, 2.45) is 11.8 Å². The maximum absolute atomic E-state index is 12.4. The molecule has 1 aliphatic carbocycles. The van der Waals surface area contributed by atoms with Crippen molar-refractivity contribution in [3.8, 4) is 0 Å². The summed E-state index contributed by atoms with van der Waals surface area (Å²) in [7, 11) is 0. The third kappa shape index (κ3) is 2.52. The Kier molecular flexibility index (Phi) is 3.66. The lowest BCUT2D eigenvalue weighted by Gasteiger charge is -2.12. The molecule has 0 radical (unpaired) electrons. The van der Waals surface area contributed by atoms with Crippen LogP contribution in [0.5, 0.6) is 0 Å². The highest BCUT2D eigenvalue weighted by atomic mass is 32.1. The van der Waals surface area contributed by atoms with E-state index < -0.39 is 0 Å². The van der Waals surface area contributed by atoms with Crippen LogP contribution in [0.15, 0.2) is 24.3 Å². The Balaban J connectivity index is 1.75. The lowest BCUT2D eigenvalue weighted by atomic mass is 9.91. The Morgan fingerprint density at radius 3 is 2.95 bits per heavy atom.